The number of amides is 4. The van der Waals surface area contributed by atoms with E-state index in [0.29, 0.717) is 13.1 Å². The van der Waals surface area contributed by atoms with Gasteiger partial charge in [0.15, 0.2) is 0 Å². The molecule has 0 fully saturated rings. The average Bonchev–Trinajstić information content (AvgIpc) is 2.53. The summed E-state index contributed by atoms with van der Waals surface area (Å²) in [4.78, 5) is 25.6. The second-order valence-corrected chi connectivity index (χ2v) is 12.2. The number of carbonyl (C=O) groups is 2. The van der Waals surface area contributed by atoms with Gasteiger partial charge in [-0.1, -0.05) is 33.3 Å². The highest BCUT2D eigenvalue weighted by molar-refractivity contribution is 6.72. The van der Waals surface area contributed by atoms with Gasteiger partial charge in [0.2, 0.25) is 0 Å². The molecule has 0 aliphatic rings. The first-order chi connectivity index (χ1) is 11.0. The van der Waals surface area contributed by atoms with Crippen LogP contribution in [0.3, 0.4) is 0 Å². The Kier molecular flexibility index (Phi) is 8.88. The van der Waals surface area contributed by atoms with Crippen molar-refractivity contribution in [3.05, 3.63) is 12.3 Å². The Morgan fingerprint density at radius 3 is 1.50 bits per heavy atom. The van der Waals surface area contributed by atoms with Crippen molar-refractivity contribution >= 4 is 20.5 Å². The third kappa shape index (κ3) is 4.68. The van der Waals surface area contributed by atoms with Crippen molar-refractivity contribution in [2.45, 2.75) is 46.1 Å². The Morgan fingerprint density at radius 2 is 1.25 bits per heavy atom. The fourth-order valence-electron chi connectivity index (χ4n) is 2.63. The van der Waals surface area contributed by atoms with E-state index in [-0.39, 0.29) is 20.4 Å². The molecule has 0 saturated carbocycles. The van der Waals surface area contributed by atoms with Gasteiger partial charge >= 0.3 is 20.5 Å². The lowest BCUT2D eigenvalue weighted by Crippen LogP contribution is -2.81. The third-order valence-electron chi connectivity index (χ3n) is 5.28. The first-order valence-corrected chi connectivity index (χ1v) is 11.4. The number of hydrogen-bond donors (Lipinski definition) is 2. The molecular formula is C17H38N4O2Si+2. The quantitative estimate of drug-likeness (QED) is 0.492. The summed E-state index contributed by atoms with van der Waals surface area (Å²) in [6.45, 7) is 11.5. The molecule has 7 heteroatoms. The van der Waals surface area contributed by atoms with Crippen LogP contribution in [0, 0.1) is 0 Å². The van der Waals surface area contributed by atoms with E-state index in [9.17, 15) is 9.59 Å². The van der Waals surface area contributed by atoms with Gasteiger partial charge in [0.05, 0.1) is 28.2 Å². The molecule has 0 aromatic carbocycles. The largest absolute Gasteiger partial charge is 0.561 e. The van der Waals surface area contributed by atoms with Crippen molar-refractivity contribution in [1.29, 1.82) is 0 Å². The molecule has 4 amide bonds. The van der Waals surface area contributed by atoms with Gasteiger partial charge in [0.1, 0.15) is 0 Å². The molecule has 0 saturated heterocycles. The Hall–Kier alpha value is -1.18. The van der Waals surface area contributed by atoms with Crippen LogP contribution in [0.4, 0.5) is 9.59 Å². The van der Waals surface area contributed by atoms with Gasteiger partial charge in [-0.05, 0) is 12.8 Å². The topological polar surface area (TPSA) is 58.2 Å². The fourth-order valence-corrected chi connectivity index (χ4v) is 5.78. The zero-order chi connectivity index (χ0) is 19.0. The lowest BCUT2D eigenvalue weighted by Gasteiger charge is -2.46. The maximum atomic E-state index is 12.8. The van der Waals surface area contributed by atoms with Gasteiger partial charge < -0.3 is 10.6 Å². The molecule has 0 aliphatic heterocycles. The molecule has 0 heterocycles. The van der Waals surface area contributed by atoms with Gasteiger partial charge in [-0.15, -0.1) is 0 Å². The van der Waals surface area contributed by atoms with Gasteiger partial charge in [-0.25, -0.2) is 9.59 Å². The molecule has 0 aromatic heterocycles. The number of quaternary nitrogens is 2. The van der Waals surface area contributed by atoms with Crippen LogP contribution in [0.15, 0.2) is 12.3 Å². The highest BCUT2D eigenvalue weighted by atomic mass is 28.3. The van der Waals surface area contributed by atoms with Crippen molar-refractivity contribution in [1.82, 2.24) is 10.6 Å². The van der Waals surface area contributed by atoms with Crippen LogP contribution < -0.4 is 10.6 Å². The summed E-state index contributed by atoms with van der Waals surface area (Å²) in [5, 5.41) is 6.01. The number of rotatable bonds is 9. The second-order valence-electron chi connectivity index (χ2n) is 7.38. The Bertz CT molecular complexity index is 416. The summed E-state index contributed by atoms with van der Waals surface area (Å²) in [5.41, 5.74) is 1.85. The highest BCUT2D eigenvalue weighted by Gasteiger charge is 2.66. The Labute approximate surface area is 149 Å². The molecule has 140 valence electrons. The minimum atomic E-state index is -2.61. The van der Waals surface area contributed by atoms with Crippen LogP contribution in [0.2, 0.25) is 6.55 Å². The van der Waals surface area contributed by atoms with Crippen LogP contribution in [-0.4, -0.2) is 70.0 Å². The average molecular weight is 359 g/mol. The molecular weight excluding hydrogens is 320 g/mol. The number of carbonyl (C=O) groups excluding carboxylic acids is 2. The maximum absolute atomic E-state index is 12.8. The molecule has 2 N–H and O–H groups in total. The predicted octanol–water partition coefficient (Wildman–Crippen LogP) is 2.96. The van der Waals surface area contributed by atoms with Crippen molar-refractivity contribution in [3.8, 4) is 0 Å². The van der Waals surface area contributed by atoms with Crippen LogP contribution in [0.25, 0.3) is 0 Å². The van der Waals surface area contributed by atoms with E-state index in [1.807, 2.05) is 40.4 Å². The lowest BCUT2D eigenvalue weighted by atomic mass is 10.3. The molecule has 0 aromatic rings. The molecule has 0 bridgehead atoms. The SMILES string of the molecule is C=C[Si](C)([N+](C)(C)C(=O)NCCCC)[N+](C)(C)C(=O)NCCCC. The standard InChI is InChI=1S/C17H36N4O2Si/c1-9-12-14-18-16(22)20(4,5)24(8,11-3)21(6,7)17(23)19-15-13-10-2/h11H,3,9-10,12-15H2,1-2,4-8H3/p+2. The van der Waals surface area contributed by atoms with Crippen LogP contribution >= 0.6 is 0 Å². The van der Waals surface area contributed by atoms with Gasteiger partial charge in [0, 0.05) is 25.3 Å². The van der Waals surface area contributed by atoms with Crippen molar-refractivity contribution in [2.75, 3.05) is 41.3 Å². The van der Waals surface area contributed by atoms with Gasteiger partial charge in [-0.3, -0.25) is 8.30 Å². The van der Waals surface area contributed by atoms with Crippen molar-refractivity contribution in [3.63, 3.8) is 0 Å². The molecule has 24 heavy (non-hydrogen) atoms. The normalized spacial score (nSPS) is 12.6. The zero-order valence-electron chi connectivity index (χ0n) is 16.7. The number of nitrogens with one attached hydrogen (secondary N) is 2. The maximum Gasteiger partial charge on any atom is 0.561 e. The smallest absolute Gasteiger partial charge is 0.307 e. The number of urea groups is 2. The molecule has 0 atom stereocenters. The first-order valence-electron chi connectivity index (χ1n) is 8.91. The van der Waals surface area contributed by atoms with Gasteiger partial charge in [0.25, 0.3) is 0 Å². The van der Waals surface area contributed by atoms with Crippen LogP contribution in [0.1, 0.15) is 39.5 Å². The van der Waals surface area contributed by atoms with E-state index >= 15 is 0 Å². The summed E-state index contributed by atoms with van der Waals surface area (Å²) >= 11 is 0. The molecule has 6 nitrogen and oxygen atoms in total. The molecule has 0 unspecified atom stereocenters. The Balaban J connectivity index is 5.42. The van der Waals surface area contributed by atoms with E-state index in [0.717, 1.165) is 25.7 Å². The first kappa shape index (κ1) is 22.8. The highest BCUT2D eigenvalue weighted by Crippen LogP contribution is 2.27. The van der Waals surface area contributed by atoms with Crippen molar-refractivity contribution < 1.29 is 17.9 Å². The van der Waals surface area contributed by atoms with Crippen molar-refractivity contribution in [2.24, 2.45) is 0 Å². The summed E-state index contributed by atoms with van der Waals surface area (Å²) in [7, 11) is 4.92. The van der Waals surface area contributed by atoms with Crippen LogP contribution in [-0.2, 0) is 0 Å². The second kappa shape index (κ2) is 9.34. The summed E-state index contributed by atoms with van der Waals surface area (Å²) in [5.74, 6) is 0. The fraction of sp³-hybridized carbons (Fsp3) is 0.765. The number of unbranched alkanes of at least 4 members (excludes halogenated alkanes) is 2. The molecule has 0 spiro atoms. The minimum absolute atomic E-state index is 0.0509. The molecule has 0 aliphatic carbocycles. The number of hydrogen-bond acceptors (Lipinski definition) is 2. The van der Waals surface area contributed by atoms with E-state index in [1.54, 1.807) is 0 Å². The van der Waals surface area contributed by atoms with E-state index in [1.165, 1.54) is 0 Å². The molecule has 0 rings (SSSR count). The summed E-state index contributed by atoms with van der Waals surface area (Å²) < 4.78 is 0.267. The summed E-state index contributed by atoms with van der Waals surface area (Å²) in [6.07, 6.45) is 3.97. The van der Waals surface area contributed by atoms with Crippen LogP contribution in [0.5, 0.6) is 0 Å². The predicted molar refractivity (Wildman–Crippen MR) is 103 cm³/mol. The zero-order valence-corrected chi connectivity index (χ0v) is 17.7. The van der Waals surface area contributed by atoms with E-state index in [4.69, 9.17) is 0 Å². The van der Waals surface area contributed by atoms with E-state index < -0.39 is 8.40 Å². The lowest BCUT2D eigenvalue weighted by molar-refractivity contribution is -0.825. The number of nitrogens with zero attached hydrogens (tertiary/aromatic N) is 2. The minimum Gasteiger partial charge on any atom is -0.307 e. The van der Waals surface area contributed by atoms with E-state index in [2.05, 4.69) is 31.1 Å². The molecule has 0 radical (unpaired) electrons. The third-order valence-corrected chi connectivity index (χ3v) is 11.0. The Morgan fingerprint density at radius 1 is 0.917 bits per heavy atom. The van der Waals surface area contributed by atoms with Gasteiger partial charge in [-0.2, -0.15) is 0 Å². The monoisotopic (exact) mass is 358 g/mol. The summed E-state index contributed by atoms with van der Waals surface area (Å²) in [6, 6.07) is -0.102.